The van der Waals surface area contributed by atoms with Gasteiger partial charge in [0.1, 0.15) is 5.78 Å². The summed E-state index contributed by atoms with van der Waals surface area (Å²) in [6, 6.07) is 0. The summed E-state index contributed by atoms with van der Waals surface area (Å²) in [6.07, 6.45) is 0.785. The summed E-state index contributed by atoms with van der Waals surface area (Å²) in [5.41, 5.74) is -1.46. The second-order valence-corrected chi connectivity index (χ2v) is 6.17. The van der Waals surface area contributed by atoms with E-state index in [2.05, 4.69) is 0 Å². The molecular weight excluding hydrogens is 204 g/mol. The van der Waals surface area contributed by atoms with Crippen molar-refractivity contribution < 1.29 is 14.4 Å². The smallest absolute Gasteiger partial charge is 0.156 e. The molecule has 0 aliphatic heterocycles. The van der Waals surface area contributed by atoms with Crippen molar-refractivity contribution in [2.45, 2.75) is 40.5 Å². The Morgan fingerprint density at radius 1 is 1.06 bits per heavy atom. The van der Waals surface area contributed by atoms with Crippen LogP contribution in [0.5, 0.6) is 0 Å². The van der Waals surface area contributed by atoms with Gasteiger partial charge in [-0.2, -0.15) is 0 Å². The Kier molecular flexibility index (Phi) is 2.17. The molecule has 0 aromatic rings. The molecular formula is C13H18O3. The van der Waals surface area contributed by atoms with E-state index in [9.17, 15) is 14.4 Å². The maximum Gasteiger partial charge on any atom is 0.156 e. The van der Waals surface area contributed by atoms with Crippen LogP contribution in [0.15, 0.2) is 0 Å². The van der Waals surface area contributed by atoms with Gasteiger partial charge in [-0.3, -0.25) is 14.4 Å². The number of hydrogen-bond acceptors (Lipinski definition) is 3. The molecule has 3 heteroatoms. The van der Waals surface area contributed by atoms with Crippen molar-refractivity contribution in [1.82, 2.24) is 0 Å². The normalized spacial score (nSPS) is 42.4. The van der Waals surface area contributed by atoms with Gasteiger partial charge < -0.3 is 0 Å². The molecule has 0 aromatic heterocycles. The molecule has 2 saturated carbocycles. The van der Waals surface area contributed by atoms with Crippen molar-refractivity contribution in [2.75, 3.05) is 0 Å². The lowest BCUT2D eigenvalue weighted by Crippen LogP contribution is -2.59. The van der Waals surface area contributed by atoms with Gasteiger partial charge in [-0.05, 0) is 19.8 Å². The van der Waals surface area contributed by atoms with Crippen LogP contribution in [0.4, 0.5) is 0 Å². The summed E-state index contributed by atoms with van der Waals surface area (Å²) < 4.78 is 0. The highest BCUT2D eigenvalue weighted by molar-refractivity contribution is 6.20. The van der Waals surface area contributed by atoms with Gasteiger partial charge in [0, 0.05) is 11.3 Å². The number of carbonyl (C=O) groups excluding carboxylic acids is 3. The van der Waals surface area contributed by atoms with Crippen LogP contribution in [0.1, 0.15) is 40.5 Å². The molecule has 0 N–H and O–H groups in total. The molecule has 2 rings (SSSR count). The average Bonchev–Trinajstić information content (AvgIpc) is 2.19. The fourth-order valence-electron chi connectivity index (χ4n) is 3.42. The highest BCUT2D eigenvalue weighted by Gasteiger charge is 2.60. The van der Waals surface area contributed by atoms with E-state index in [1.165, 1.54) is 0 Å². The van der Waals surface area contributed by atoms with Crippen LogP contribution in [0.3, 0.4) is 0 Å². The summed E-state index contributed by atoms with van der Waals surface area (Å²) in [5.74, 6) is -0.794. The predicted molar refractivity (Wildman–Crippen MR) is 58.8 cm³/mol. The van der Waals surface area contributed by atoms with Crippen molar-refractivity contribution in [3.63, 3.8) is 0 Å². The molecule has 2 fully saturated rings. The second-order valence-electron chi connectivity index (χ2n) is 6.17. The first-order valence-electron chi connectivity index (χ1n) is 5.83. The molecule has 3 atom stereocenters. The van der Waals surface area contributed by atoms with Crippen LogP contribution in [-0.2, 0) is 14.4 Å². The number of ketones is 3. The third kappa shape index (κ3) is 1.23. The van der Waals surface area contributed by atoms with E-state index in [1.54, 1.807) is 6.92 Å². The Morgan fingerprint density at radius 3 is 2.19 bits per heavy atom. The van der Waals surface area contributed by atoms with Crippen molar-refractivity contribution >= 4 is 17.3 Å². The molecule has 2 aliphatic carbocycles. The van der Waals surface area contributed by atoms with Crippen LogP contribution in [-0.4, -0.2) is 17.3 Å². The maximum absolute atomic E-state index is 12.3. The number of fused-ring (bicyclic) bond motifs is 2. The minimum absolute atomic E-state index is 0.0144. The summed E-state index contributed by atoms with van der Waals surface area (Å²) in [5, 5.41) is 0. The Balaban J connectivity index is 2.52. The molecule has 0 saturated heterocycles. The predicted octanol–water partition coefficient (Wildman–Crippen LogP) is 1.79. The molecule has 0 heterocycles. The molecule has 0 amide bonds. The molecule has 16 heavy (non-hydrogen) atoms. The highest BCUT2D eigenvalue weighted by atomic mass is 16.2. The number of rotatable bonds is 0. The van der Waals surface area contributed by atoms with E-state index in [1.807, 2.05) is 20.8 Å². The zero-order valence-electron chi connectivity index (χ0n) is 10.3. The van der Waals surface area contributed by atoms with Crippen LogP contribution in [0.25, 0.3) is 0 Å². The van der Waals surface area contributed by atoms with Crippen molar-refractivity contribution in [1.29, 1.82) is 0 Å². The number of Topliss-reactive ketones (excluding diaryl/α,β-unsaturated/α-hetero) is 3. The average molecular weight is 222 g/mol. The zero-order chi connectivity index (χ0) is 12.3. The molecule has 2 bridgehead atoms. The van der Waals surface area contributed by atoms with Gasteiger partial charge in [0.25, 0.3) is 0 Å². The summed E-state index contributed by atoms with van der Waals surface area (Å²) in [6.45, 7) is 7.23. The third-order valence-electron chi connectivity index (χ3n) is 4.23. The number of hydrogen-bond donors (Lipinski definition) is 0. The Hall–Kier alpha value is -0.990. The SMILES string of the molecule is C[C@@H]1C[C@]2(C)C(=O)[C@@H](CC(C)(C)C2=O)C1=O. The van der Waals surface area contributed by atoms with Gasteiger partial charge in [-0.25, -0.2) is 0 Å². The zero-order valence-corrected chi connectivity index (χ0v) is 10.3. The molecule has 0 aromatic carbocycles. The lowest BCUT2D eigenvalue weighted by Gasteiger charge is -2.48. The van der Waals surface area contributed by atoms with Crippen molar-refractivity contribution in [2.24, 2.45) is 22.7 Å². The van der Waals surface area contributed by atoms with Gasteiger partial charge >= 0.3 is 0 Å². The summed E-state index contributed by atoms with van der Waals surface area (Å²) in [4.78, 5) is 36.4. The lowest BCUT2D eigenvalue weighted by atomic mass is 9.51. The maximum atomic E-state index is 12.3. The van der Waals surface area contributed by atoms with E-state index < -0.39 is 16.7 Å². The highest BCUT2D eigenvalue weighted by Crippen LogP contribution is 2.50. The van der Waals surface area contributed by atoms with Crippen LogP contribution in [0.2, 0.25) is 0 Å². The first-order valence-corrected chi connectivity index (χ1v) is 5.83. The topological polar surface area (TPSA) is 51.2 Å². The van der Waals surface area contributed by atoms with E-state index in [4.69, 9.17) is 0 Å². The largest absolute Gasteiger partial charge is 0.299 e. The summed E-state index contributed by atoms with van der Waals surface area (Å²) in [7, 11) is 0. The molecule has 2 aliphatic rings. The second kappa shape index (κ2) is 3.02. The molecule has 0 unspecified atom stereocenters. The fraction of sp³-hybridized carbons (Fsp3) is 0.769. The van der Waals surface area contributed by atoms with Crippen LogP contribution < -0.4 is 0 Å². The van der Waals surface area contributed by atoms with E-state index in [-0.39, 0.29) is 23.3 Å². The quantitative estimate of drug-likeness (QED) is 0.587. The van der Waals surface area contributed by atoms with E-state index >= 15 is 0 Å². The first-order chi connectivity index (χ1) is 7.20. The van der Waals surface area contributed by atoms with E-state index in [0.29, 0.717) is 12.8 Å². The Bertz CT molecular complexity index is 394. The molecule has 0 radical (unpaired) electrons. The minimum Gasteiger partial charge on any atom is -0.299 e. The summed E-state index contributed by atoms with van der Waals surface area (Å²) >= 11 is 0. The van der Waals surface area contributed by atoms with Gasteiger partial charge in [0.05, 0.1) is 11.3 Å². The van der Waals surface area contributed by atoms with Crippen LogP contribution in [0, 0.1) is 22.7 Å². The third-order valence-corrected chi connectivity index (χ3v) is 4.23. The Morgan fingerprint density at radius 2 is 1.62 bits per heavy atom. The van der Waals surface area contributed by atoms with Crippen molar-refractivity contribution in [3.8, 4) is 0 Å². The van der Waals surface area contributed by atoms with Gasteiger partial charge in [-0.15, -0.1) is 0 Å². The fourth-order valence-corrected chi connectivity index (χ4v) is 3.42. The van der Waals surface area contributed by atoms with Gasteiger partial charge in [-0.1, -0.05) is 20.8 Å². The Labute approximate surface area is 95.6 Å². The van der Waals surface area contributed by atoms with Crippen molar-refractivity contribution in [3.05, 3.63) is 0 Å². The van der Waals surface area contributed by atoms with Gasteiger partial charge in [0.15, 0.2) is 11.6 Å². The lowest BCUT2D eigenvalue weighted by molar-refractivity contribution is -0.163. The molecule has 88 valence electrons. The first kappa shape index (κ1) is 11.5. The minimum atomic E-state index is -0.917. The monoisotopic (exact) mass is 222 g/mol. The standard InChI is InChI=1S/C13H18O3/c1-7-5-13(4)10(15)8(9(7)14)6-12(2,3)11(13)16/h7-8H,5-6H2,1-4H3/t7-,8+,13-/m1/s1. The number of carbonyl (C=O) groups is 3. The van der Waals surface area contributed by atoms with Crippen LogP contribution >= 0.6 is 0 Å². The van der Waals surface area contributed by atoms with Gasteiger partial charge in [0.2, 0.25) is 0 Å². The molecule has 3 nitrogen and oxygen atoms in total. The van der Waals surface area contributed by atoms with E-state index in [0.717, 1.165) is 0 Å². The molecule has 0 spiro atoms.